The van der Waals surface area contributed by atoms with E-state index in [9.17, 15) is 19.2 Å². The van der Waals surface area contributed by atoms with Crippen molar-refractivity contribution in [3.05, 3.63) is 12.7 Å². The van der Waals surface area contributed by atoms with Gasteiger partial charge in [0.05, 0.1) is 138 Å². The normalized spacial score (nSPS) is 15.0. The monoisotopic (exact) mass is 957 g/mol. The molecule has 2 rings (SSSR count). The number of nitrogens with zero attached hydrogens (tertiary/aromatic N) is 5. The SMILES string of the molecule is C=CC.CCN1CCN(CC=O)CCN(CC(=O)O)CN(CC=O)CC1.CNCCOCCOCCOCCOCCOCCOCCOCCOCCC(=O)N1CCCC1.CO.O=CO. The molecule has 2 aliphatic heterocycles. The second-order valence-corrected chi connectivity index (χ2v) is 14.1. The highest BCUT2D eigenvalue weighted by Gasteiger charge is 2.19. The molecule has 2 aliphatic rings. The van der Waals surface area contributed by atoms with Gasteiger partial charge in [0.25, 0.3) is 6.47 Å². The van der Waals surface area contributed by atoms with Gasteiger partial charge in [0.2, 0.25) is 5.91 Å². The summed E-state index contributed by atoms with van der Waals surface area (Å²) in [7, 11) is 2.90. The van der Waals surface area contributed by atoms with Gasteiger partial charge in [-0.2, -0.15) is 0 Å². The van der Waals surface area contributed by atoms with Gasteiger partial charge in [0.1, 0.15) is 12.6 Å². The van der Waals surface area contributed by atoms with E-state index in [2.05, 4.69) is 23.7 Å². The number of allylic oxidation sites excluding steroid dienone is 1. The number of hydrogen-bond donors (Lipinski definition) is 4. The van der Waals surface area contributed by atoms with Crippen LogP contribution >= 0.6 is 0 Å². The molecule has 1 amide bonds. The number of ether oxygens (including phenoxy) is 8. The molecule has 0 bridgehead atoms. The van der Waals surface area contributed by atoms with Gasteiger partial charge in [-0.05, 0) is 33.4 Å². The van der Waals surface area contributed by atoms with Gasteiger partial charge >= 0.3 is 5.97 Å². The number of aliphatic hydroxyl groups is 1. The van der Waals surface area contributed by atoms with E-state index in [-0.39, 0.29) is 18.9 Å². The number of aliphatic hydroxyl groups excluding tert-OH is 1. The van der Waals surface area contributed by atoms with Gasteiger partial charge < -0.3 is 77.9 Å². The molecule has 22 nitrogen and oxygen atoms in total. The van der Waals surface area contributed by atoms with Crippen molar-refractivity contribution in [2.24, 2.45) is 0 Å². The maximum absolute atomic E-state index is 11.8. The van der Waals surface area contributed by atoms with Gasteiger partial charge in [0, 0.05) is 66.0 Å². The largest absolute Gasteiger partial charge is 0.483 e. The van der Waals surface area contributed by atoms with Crippen LogP contribution in [0.25, 0.3) is 0 Å². The van der Waals surface area contributed by atoms with Gasteiger partial charge in [-0.3, -0.25) is 29.1 Å². The smallest absolute Gasteiger partial charge is 0.317 e. The molecule has 4 N–H and O–H groups in total. The summed E-state index contributed by atoms with van der Waals surface area (Å²) in [5.74, 6) is -0.697. The Morgan fingerprint density at radius 3 is 1.27 bits per heavy atom. The average Bonchev–Trinajstić information content (AvgIpc) is 3.85. The number of carboxylic acid groups (broad SMARTS) is 2. The van der Waals surface area contributed by atoms with E-state index >= 15 is 0 Å². The minimum absolute atomic E-state index is 0.0677. The third kappa shape index (κ3) is 48.9. The second-order valence-electron chi connectivity index (χ2n) is 14.1. The summed E-state index contributed by atoms with van der Waals surface area (Å²) < 4.78 is 43.4. The van der Waals surface area contributed by atoms with E-state index in [1.54, 1.807) is 6.08 Å². The summed E-state index contributed by atoms with van der Waals surface area (Å²) in [4.78, 5) is 63.0. The van der Waals surface area contributed by atoms with E-state index in [1.165, 1.54) is 0 Å². The molecular weight excluding hydrogens is 869 g/mol. The van der Waals surface area contributed by atoms with E-state index in [0.29, 0.717) is 145 Å². The van der Waals surface area contributed by atoms with Gasteiger partial charge in [-0.15, -0.1) is 6.58 Å². The van der Waals surface area contributed by atoms with E-state index < -0.39 is 5.97 Å². The zero-order valence-electron chi connectivity index (χ0n) is 40.7. The third-order valence-electron chi connectivity index (χ3n) is 9.09. The van der Waals surface area contributed by atoms with Crippen LogP contribution in [-0.4, -0.2) is 282 Å². The van der Waals surface area contributed by atoms with Crippen molar-refractivity contribution in [2.45, 2.75) is 33.1 Å². The summed E-state index contributed by atoms with van der Waals surface area (Å²) in [6.07, 6.45) is 6.17. The maximum Gasteiger partial charge on any atom is 0.317 e. The first kappa shape index (κ1) is 67.2. The number of nitrogens with one attached hydrogen (secondary N) is 1. The highest BCUT2D eigenvalue weighted by molar-refractivity contribution is 5.76. The lowest BCUT2D eigenvalue weighted by Crippen LogP contribution is -2.45. The molecule has 2 heterocycles. The molecule has 0 aromatic carbocycles. The Morgan fingerprint density at radius 1 is 0.576 bits per heavy atom. The van der Waals surface area contributed by atoms with E-state index in [0.717, 1.165) is 84.9 Å². The third-order valence-corrected chi connectivity index (χ3v) is 9.09. The van der Waals surface area contributed by atoms with Crippen LogP contribution in [0.4, 0.5) is 0 Å². The number of likely N-dealkylation sites (N-methyl/N-ethyl adjacent to an activating group) is 2. The Balaban J connectivity index is -0.00000110. The second kappa shape index (κ2) is 56.3. The van der Waals surface area contributed by atoms with Crippen LogP contribution in [-0.2, 0) is 61.9 Å². The maximum atomic E-state index is 11.8. The molecule has 0 aromatic rings. The fraction of sp³-hybridized carbons (Fsp3) is 0.841. The van der Waals surface area contributed by atoms with Crippen molar-refractivity contribution >= 4 is 30.9 Å². The molecule has 0 saturated carbocycles. The predicted molar refractivity (Wildman–Crippen MR) is 250 cm³/mol. The Labute approximate surface area is 394 Å². The van der Waals surface area contributed by atoms with Crippen molar-refractivity contribution in [2.75, 3.05) is 212 Å². The molecule has 66 heavy (non-hydrogen) atoms. The molecule has 0 radical (unpaired) electrons. The first-order valence-electron chi connectivity index (χ1n) is 22.9. The summed E-state index contributed by atoms with van der Waals surface area (Å²) in [5, 5.41) is 26.0. The van der Waals surface area contributed by atoms with Crippen LogP contribution in [0.1, 0.15) is 33.1 Å². The molecule has 0 unspecified atom stereocenters. The predicted octanol–water partition coefficient (Wildman–Crippen LogP) is -0.480. The number of aliphatic carboxylic acids is 1. The lowest BCUT2D eigenvalue weighted by Gasteiger charge is -2.29. The number of aldehydes is 2. The minimum Gasteiger partial charge on any atom is -0.483 e. The number of carboxylic acids is 1. The summed E-state index contributed by atoms with van der Waals surface area (Å²) in [6.45, 7) is 24.6. The Kier molecular flexibility index (Phi) is 57.3. The van der Waals surface area contributed by atoms with Crippen LogP contribution in [0.15, 0.2) is 12.7 Å². The molecule has 390 valence electrons. The van der Waals surface area contributed by atoms with E-state index in [1.807, 2.05) is 33.6 Å². The molecule has 2 fully saturated rings. The number of hydrogen-bond acceptors (Lipinski definition) is 19. The number of carbonyl (C=O) groups is 5. The van der Waals surface area contributed by atoms with Crippen molar-refractivity contribution in [3.8, 4) is 0 Å². The van der Waals surface area contributed by atoms with Crippen LogP contribution in [0.3, 0.4) is 0 Å². The first-order valence-corrected chi connectivity index (χ1v) is 22.9. The molecular formula is C44H88N6O16. The molecule has 0 atom stereocenters. The van der Waals surface area contributed by atoms with Crippen LogP contribution in [0, 0.1) is 0 Å². The van der Waals surface area contributed by atoms with Crippen LogP contribution in [0.5, 0.6) is 0 Å². The number of amides is 1. The van der Waals surface area contributed by atoms with Crippen LogP contribution in [0.2, 0.25) is 0 Å². The lowest BCUT2D eigenvalue weighted by atomic mass is 10.4. The topological polar surface area (TPSA) is 248 Å². The highest BCUT2D eigenvalue weighted by Crippen LogP contribution is 2.08. The number of carbonyl (C=O) groups excluding carboxylic acids is 3. The molecule has 2 saturated heterocycles. The average molecular weight is 957 g/mol. The Bertz CT molecular complexity index is 1080. The quantitative estimate of drug-likeness (QED) is 0.0361. The highest BCUT2D eigenvalue weighted by atomic mass is 16.6. The number of rotatable bonds is 34. The first-order chi connectivity index (χ1) is 32.3. The Hall–Kier alpha value is -3.07. The van der Waals surface area contributed by atoms with Crippen LogP contribution < -0.4 is 5.32 Å². The van der Waals surface area contributed by atoms with Crippen molar-refractivity contribution in [1.29, 1.82) is 0 Å². The van der Waals surface area contributed by atoms with Crippen molar-refractivity contribution in [3.63, 3.8) is 0 Å². The summed E-state index contributed by atoms with van der Waals surface area (Å²) in [6, 6.07) is 0. The molecule has 22 heteroatoms. The van der Waals surface area contributed by atoms with Gasteiger partial charge in [0.15, 0.2) is 0 Å². The van der Waals surface area contributed by atoms with Gasteiger partial charge in [-0.25, -0.2) is 0 Å². The van der Waals surface area contributed by atoms with Gasteiger partial charge in [-0.1, -0.05) is 13.0 Å². The molecule has 0 spiro atoms. The number of likely N-dealkylation sites (tertiary alicyclic amines) is 1. The van der Waals surface area contributed by atoms with Crippen molar-refractivity contribution in [1.82, 2.24) is 29.8 Å². The molecule has 0 aliphatic carbocycles. The summed E-state index contributed by atoms with van der Waals surface area (Å²) in [5.41, 5.74) is 0. The molecule has 0 aromatic heterocycles. The van der Waals surface area contributed by atoms with E-state index in [4.69, 9.17) is 58.0 Å². The lowest BCUT2D eigenvalue weighted by molar-refractivity contribution is -0.139. The summed E-state index contributed by atoms with van der Waals surface area (Å²) >= 11 is 0. The van der Waals surface area contributed by atoms with Crippen molar-refractivity contribution < 1.29 is 77.2 Å². The fourth-order valence-electron chi connectivity index (χ4n) is 5.78. The zero-order chi connectivity index (χ0) is 49.6. The standard InChI is InChI=1S/C24H48N2O9.C15H28N4O4.C3H6.CH2O2.CH4O/c1-25-5-9-29-11-13-31-15-17-33-19-21-35-23-22-34-20-18-32-16-14-30-12-10-28-8-4-24(27)26-6-2-3-7-26;1-2-16-3-5-17(9-11-20)6-8-19(13-15(22)23)14-18(7-4-16)10-12-21;1-3-2;2-1-3;1-2/h25H,2-23H2,1H3;11-12H,2-10,13-14H2,1H3,(H,22,23);3H,1H2,2H3;1H,(H,2,3);2H,1H3. The fourth-order valence-corrected chi connectivity index (χ4v) is 5.78. The Morgan fingerprint density at radius 2 is 0.909 bits per heavy atom. The minimum atomic E-state index is -0.886. The zero-order valence-corrected chi connectivity index (χ0v) is 40.7.